The number of ether oxygens (including phenoxy) is 1. The number of nitrogens with zero attached hydrogens (tertiary/aromatic N) is 2. The second kappa shape index (κ2) is 7.00. The van der Waals surface area contributed by atoms with Crippen molar-refractivity contribution in [1.29, 1.82) is 0 Å². The van der Waals surface area contributed by atoms with Crippen LogP contribution in [0.3, 0.4) is 0 Å². The first-order chi connectivity index (χ1) is 11.4. The van der Waals surface area contributed by atoms with Gasteiger partial charge >= 0.3 is 13.2 Å². The lowest BCUT2D eigenvalue weighted by molar-refractivity contribution is 0.00578. The Balaban J connectivity index is 1.78. The van der Waals surface area contributed by atoms with Crippen LogP contribution in [0.25, 0.3) is 0 Å². The number of carbonyl (C=O) groups is 1. The van der Waals surface area contributed by atoms with Gasteiger partial charge in [0.2, 0.25) is 0 Å². The highest BCUT2D eigenvalue weighted by Crippen LogP contribution is 2.36. The maximum absolute atomic E-state index is 11.6. The van der Waals surface area contributed by atoms with E-state index >= 15 is 0 Å². The number of aryl methyl sites for hydroxylation is 1. The van der Waals surface area contributed by atoms with E-state index in [0.29, 0.717) is 13.1 Å². The summed E-state index contributed by atoms with van der Waals surface area (Å²) < 4.78 is 19.1. The summed E-state index contributed by atoms with van der Waals surface area (Å²) in [6.45, 7) is 14.9. The maximum Gasteiger partial charge on any atom is 0.498 e. The summed E-state index contributed by atoms with van der Waals surface area (Å²) in [5.41, 5.74) is -0.309. The van der Waals surface area contributed by atoms with Crippen molar-refractivity contribution in [3.05, 3.63) is 12.4 Å². The number of rotatable bonds is 5. The molecule has 1 amide bonds. The molecule has 8 heteroatoms. The van der Waals surface area contributed by atoms with Crippen LogP contribution in [-0.4, -0.2) is 46.3 Å². The Hall–Kier alpha value is -1.54. The molecule has 0 saturated carbocycles. The van der Waals surface area contributed by atoms with Crippen LogP contribution in [0.2, 0.25) is 0 Å². The predicted molar refractivity (Wildman–Crippen MR) is 96.8 cm³/mol. The van der Waals surface area contributed by atoms with Crippen molar-refractivity contribution >= 4 is 18.7 Å². The third-order valence-electron chi connectivity index (χ3n) is 4.41. The molecule has 1 aliphatic rings. The molecular formula is C17H30BN3O4. The van der Waals surface area contributed by atoms with Gasteiger partial charge in [0.1, 0.15) is 5.60 Å². The Morgan fingerprint density at radius 3 is 2.44 bits per heavy atom. The molecule has 1 N–H and O–H groups in total. The highest BCUT2D eigenvalue weighted by molar-refractivity contribution is 6.61. The third kappa shape index (κ3) is 5.22. The van der Waals surface area contributed by atoms with Crippen LogP contribution in [0.5, 0.6) is 0 Å². The van der Waals surface area contributed by atoms with Crippen molar-refractivity contribution in [1.82, 2.24) is 15.1 Å². The molecule has 0 unspecified atom stereocenters. The van der Waals surface area contributed by atoms with E-state index in [1.54, 1.807) is 6.20 Å². The van der Waals surface area contributed by atoms with Crippen molar-refractivity contribution in [3.63, 3.8) is 0 Å². The summed E-state index contributed by atoms with van der Waals surface area (Å²) in [5, 5.41) is 7.09. The zero-order valence-corrected chi connectivity index (χ0v) is 16.4. The molecule has 0 bridgehead atoms. The lowest BCUT2D eigenvalue weighted by Crippen LogP contribution is -2.41. The minimum Gasteiger partial charge on any atom is -0.444 e. The maximum atomic E-state index is 11.6. The van der Waals surface area contributed by atoms with Gasteiger partial charge in [-0.3, -0.25) is 4.68 Å². The molecule has 140 valence electrons. The van der Waals surface area contributed by atoms with Crippen molar-refractivity contribution in [3.8, 4) is 0 Å². The summed E-state index contributed by atoms with van der Waals surface area (Å²) in [6, 6.07) is 0. The molecule has 1 aliphatic heterocycles. The van der Waals surface area contributed by atoms with Gasteiger partial charge < -0.3 is 19.4 Å². The Morgan fingerprint density at radius 2 is 1.88 bits per heavy atom. The third-order valence-corrected chi connectivity index (χ3v) is 4.41. The fourth-order valence-electron chi connectivity index (χ4n) is 2.35. The number of hydrogen-bond donors (Lipinski definition) is 1. The quantitative estimate of drug-likeness (QED) is 0.650. The van der Waals surface area contributed by atoms with E-state index in [0.717, 1.165) is 11.9 Å². The number of alkyl carbamates (subject to hydrolysis) is 1. The molecule has 0 radical (unpaired) electrons. The number of aromatic nitrogens is 2. The summed E-state index contributed by atoms with van der Waals surface area (Å²) in [4.78, 5) is 11.6. The van der Waals surface area contributed by atoms with Crippen molar-refractivity contribution < 1.29 is 18.8 Å². The number of hydrogen-bond acceptors (Lipinski definition) is 5. The SMILES string of the molecule is CC(C)(C)OC(=O)NCCCn1cc(B2OC(C)(C)C(C)(C)O2)cn1. The van der Waals surface area contributed by atoms with Crippen molar-refractivity contribution in [2.75, 3.05) is 6.54 Å². The summed E-state index contributed by atoms with van der Waals surface area (Å²) >= 11 is 0. The molecule has 25 heavy (non-hydrogen) atoms. The monoisotopic (exact) mass is 351 g/mol. The minimum absolute atomic E-state index is 0.364. The standard InChI is InChI=1S/C17H30BN3O4/c1-15(2,3)23-14(22)19-9-8-10-21-12-13(11-20-21)18-24-16(4,5)17(6,7)25-18/h11-12H,8-10H2,1-7H3,(H,19,22). The number of carbonyl (C=O) groups excluding carboxylic acids is 1. The number of nitrogens with one attached hydrogen (secondary N) is 1. The van der Waals surface area contributed by atoms with E-state index in [4.69, 9.17) is 14.0 Å². The minimum atomic E-state index is -0.482. The normalized spacial score (nSPS) is 19.1. The molecule has 2 rings (SSSR count). The van der Waals surface area contributed by atoms with Crippen LogP contribution < -0.4 is 10.8 Å². The first kappa shape index (κ1) is 19.8. The van der Waals surface area contributed by atoms with Gasteiger partial charge in [-0.25, -0.2) is 4.79 Å². The second-order valence-corrected chi connectivity index (χ2v) is 8.41. The van der Waals surface area contributed by atoms with Gasteiger partial charge in [0.25, 0.3) is 0 Å². The molecule has 0 atom stereocenters. The smallest absolute Gasteiger partial charge is 0.444 e. The first-order valence-corrected chi connectivity index (χ1v) is 8.74. The molecule has 1 aromatic rings. The van der Waals surface area contributed by atoms with Gasteiger partial charge in [0.05, 0.1) is 11.2 Å². The number of amides is 1. The molecule has 1 saturated heterocycles. The van der Waals surface area contributed by atoms with E-state index in [9.17, 15) is 4.79 Å². The molecule has 0 aromatic carbocycles. The van der Waals surface area contributed by atoms with Gasteiger partial charge in [-0.2, -0.15) is 5.10 Å². The molecule has 0 aliphatic carbocycles. The average molecular weight is 351 g/mol. The predicted octanol–water partition coefficient (Wildman–Crippen LogP) is 2.10. The van der Waals surface area contributed by atoms with E-state index in [1.165, 1.54) is 0 Å². The van der Waals surface area contributed by atoms with Crippen LogP contribution in [0, 0.1) is 0 Å². The summed E-state index contributed by atoms with van der Waals surface area (Å²) in [6.07, 6.45) is 4.05. The van der Waals surface area contributed by atoms with E-state index in [2.05, 4.69) is 10.4 Å². The Kier molecular flexibility index (Phi) is 5.54. The molecule has 1 fully saturated rings. The van der Waals surface area contributed by atoms with Gasteiger partial charge in [0, 0.05) is 30.9 Å². The fraction of sp³-hybridized carbons (Fsp3) is 0.765. The largest absolute Gasteiger partial charge is 0.498 e. The average Bonchev–Trinajstić information content (AvgIpc) is 2.96. The molecule has 2 heterocycles. The summed E-state index contributed by atoms with van der Waals surface area (Å²) in [5.74, 6) is 0. The first-order valence-electron chi connectivity index (χ1n) is 8.74. The van der Waals surface area contributed by atoms with E-state index < -0.39 is 18.8 Å². The highest BCUT2D eigenvalue weighted by Gasteiger charge is 2.52. The fourth-order valence-corrected chi connectivity index (χ4v) is 2.35. The molecule has 7 nitrogen and oxygen atoms in total. The van der Waals surface area contributed by atoms with Crippen LogP contribution >= 0.6 is 0 Å². The van der Waals surface area contributed by atoms with E-state index in [-0.39, 0.29) is 11.2 Å². The Labute approximate surface area is 150 Å². The van der Waals surface area contributed by atoms with Gasteiger partial charge in [0.15, 0.2) is 0 Å². The molecular weight excluding hydrogens is 321 g/mol. The van der Waals surface area contributed by atoms with Crippen molar-refractivity contribution in [2.45, 2.75) is 78.2 Å². The lowest BCUT2D eigenvalue weighted by Gasteiger charge is -2.32. The van der Waals surface area contributed by atoms with Crippen LogP contribution in [0.15, 0.2) is 12.4 Å². The Bertz CT molecular complexity index is 591. The van der Waals surface area contributed by atoms with Gasteiger partial charge in [-0.1, -0.05) is 0 Å². The topological polar surface area (TPSA) is 74.6 Å². The lowest BCUT2D eigenvalue weighted by atomic mass is 9.82. The Morgan fingerprint density at radius 1 is 1.28 bits per heavy atom. The van der Waals surface area contributed by atoms with E-state index in [1.807, 2.05) is 59.3 Å². The highest BCUT2D eigenvalue weighted by atomic mass is 16.7. The van der Waals surface area contributed by atoms with Crippen LogP contribution in [-0.2, 0) is 20.6 Å². The van der Waals surface area contributed by atoms with Crippen molar-refractivity contribution in [2.24, 2.45) is 0 Å². The molecule has 0 spiro atoms. The summed E-state index contributed by atoms with van der Waals surface area (Å²) in [7, 11) is -0.404. The zero-order chi connectivity index (χ0) is 18.9. The zero-order valence-electron chi connectivity index (χ0n) is 16.4. The van der Waals surface area contributed by atoms with Crippen LogP contribution in [0.1, 0.15) is 54.9 Å². The van der Waals surface area contributed by atoms with Gasteiger partial charge in [-0.15, -0.1) is 0 Å². The second-order valence-electron chi connectivity index (χ2n) is 8.41. The van der Waals surface area contributed by atoms with Crippen LogP contribution in [0.4, 0.5) is 4.79 Å². The molecule has 1 aromatic heterocycles. The van der Waals surface area contributed by atoms with Gasteiger partial charge in [-0.05, 0) is 54.9 Å².